The number of benzene rings is 1. The Labute approximate surface area is 110 Å². The summed E-state index contributed by atoms with van der Waals surface area (Å²) in [4.78, 5) is 0. The molecule has 0 radical (unpaired) electrons. The maximum absolute atomic E-state index is 5.85. The van der Waals surface area contributed by atoms with Crippen LogP contribution in [-0.4, -0.2) is 19.8 Å². The van der Waals surface area contributed by atoms with E-state index in [0.717, 1.165) is 35.5 Å². The lowest BCUT2D eigenvalue weighted by Crippen LogP contribution is -2.18. The molecule has 1 aromatic carbocycles. The third-order valence-corrected chi connectivity index (χ3v) is 2.60. The molecular formula is C15H23NO2. The molecule has 1 atom stereocenters. The average Bonchev–Trinajstić information content (AvgIpc) is 2.29. The quantitative estimate of drug-likeness (QED) is 0.756. The van der Waals surface area contributed by atoms with Crippen LogP contribution in [0.4, 0.5) is 0 Å². The minimum absolute atomic E-state index is 0.0978. The van der Waals surface area contributed by atoms with E-state index in [9.17, 15) is 0 Å². The van der Waals surface area contributed by atoms with Crippen molar-refractivity contribution in [2.45, 2.75) is 32.7 Å². The van der Waals surface area contributed by atoms with Crippen LogP contribution in [0.1, 0.15) is 25.8 Å². The average molecular weight is 249 g/mol. The van der Waals surface area contributed by atoms with Gasteiger partial charge in [-0.1, -0.05) is 5.57 Å². The van der Waals surface area contributed by atoms with Gasteiger partial charge in [0, 0.05) is 12.5 Å². The standard InChI is InChI=1S/C15H23NO2/c1-11(2)7-8-18-15-6-5-14(17-4)10-13(15)9-12(3)16/h5-6,10,12H,1,7-9,16H2,2-4H3. The number of nitrogens with two attached hydrogens (primary N) is 1. The molecule has 0 amide bonds. The van der Waals surface area contributed by atoms with Gasteiger partial charge in [0.25, 0.3) is 0 Å². The fourth-order valence-electron chi connectivity index (χ4n) is 1.67. The molecule has 0 spiro atoms. The van der Waals surface area contributed by atoms with Crippen LogP contribution in [0.3, 0.4) is 0 Å². The second-order valence-corrected chi connectivity index (χ2v) is 4.71. The highest BCUT2D eigenvalue weighted by Gasteiger charge is 2.08. The first-order chi connectivity index (χ1) is 8.52. The maximum atomic E-state index is 5.85. The summed E-state index contributed by atoms with van der Waals surface area (Å²) in [6, 6.07) is 5.93. The van der Waals surface area contributed by atoms with Crippen LogP contribution in [0, 0.1) is 0 Å². The molecule has 0 aliphatic heterocycles. The lowest BCUT2D eigenvalue weighted by atomic mass is 10.1. The highest BCUT2D eigenvalue weighted by atomic mass is 16.5. The fourth-order valence-corrected chi connectivity index (χ4v) is 1.67. The molecule has 0 heterocycles. The highest BCUT2D eigenvalue weighted by molar-refractivity contribution is 5.40. The largest absolute Gasteiger partial charge is 0.497 e. The van der Waals surface area contributed by atoms with Gasteiger partial charge >= 0.3 is 0 Å². The molecule has 3 heteroatoms. The first-order valence-electron chi connectivity index (χ1n) is 6.22. The van der Waals surface area contributed by atoms with Gasteiger partial charge in [-0.3, -0.25) is 0 Å². The van der Waals surface area contributed by atoms with Crippen LogP contribution in [-0.2, 0) is 6.42 Å². The van der Waals surface area contributed by atoms with E-state index >= 15 is 0 Å². The van der Waals surface area contributed by atoms with Crippen molar-refractivity contribution in [1.82, 2.24) is 0 Å². The van der Waals surface area contributed by atoms with Crippen LogP contribution in [0.5, 0.6) is 11.5 Å². The van der Waals surface area contributed by atoms with Crippen LogP contribution >= 0.6 is 0 Å². The van der Waals surface area contributed by atoms with Crippen molar-refractivity contribution in [3.63, 3.8) is 0 Å². The number of rotatable bonds is 7. The molecule has 100 valence electrons. The Balaban J connectivity index is 2.77. The first kappa shape index (κ1) is 14.6. The van der Waals surface area contributed by atoms with E-state index in [0.29, 0.717) is 6.61 Å². The third-order valence-electron chi connectivity index (χ3n) is 2.60. The van der Waals surface area contributed by atoms with Gasteiger partial charge in [-0.2, -0.15) is 0 Å². The zero-order chi connectivity index (χ0) is 13.5. The minimum Gasteiger partial charge on any atom is -0.497 e. The summed E-state index contributed by atoms with van der Waals surface area (Å²) in [5.74, 6) is 1.72. The third kappa shape index (κ3) is 4.80. The van der Waals surface area contributed by atoms with Gasteiger partial charge in [0.1, 0.15) is 11.5 Å². The Morgan fingerprint density at radius 3 is 2.72 bits per heavy atom. The highest BCUT2D eigenvalue weighted by Crippen LogP contribution is 2.25. The lowest BCUT2D eigenvalue weighted by Gasteiger charge is -2.14. The van der Waals surface area contributed by atoms with E-state index in [2.05, 4.69) is 6.58 Å². The summed E-state index contributed by atoms with van der Waals surface area (Å²) >= 11 is 0. The monoisotopic (exact) mass is 249 g/mol. The van der Waals surface area contributed by atoms with Crippen molar-refractivity contribution in [2.75, 3.05) is 13.7 Å². The summed E-state index contributed by atoms with van der Waals surface area (Å²) in [6.45, 7) is 8.49. The van der Waals surface area contributed by atoms with Gasteiger partial charge in [-0.05, 0) is 44.0 Å². The van der Waals surface area contributed by atoms with Gasteiger partial charge in [0.15, 0.2) is 0 Å². The number of ether oxygens (including phenoxy) is 2. The van der Waals surface area contributed by atoms with Gasteiger partial charge in [-0.25, -0.2) is 0 Å². The van der Waals surface area contributed by atoms with Crippen LogP contribution in [0.2, 0.25) is 0 Å². The summed E-state index contributed by atoms with van der Waals surface area (Å²) in [7, 11) is 1.66. The van der Waals surface area contributed by atoms with E-state index in [1.165, 1.54) is 0 Å². The van der Waals surface area contributed by atoms with E-state index in [1.54, 1.807) is 7.11 Å². The molecule has 0 bridgehead atoms. The van der Waals surface area contributed by atoms with Crippen molar-refractivity contribution < 1.29 is 9.47 Å². The molecule has 0 aliphatic carbocycles. The normalized spacial score (nSPS) is 12.0. The Hall–Kier alpha value is -1.48. The summed E-state index contributed by atoms with van der Waals surface area (Å²) in [5.41, 5.74) is 8.06. The molecule has 0 saturated heterocycles. The van der Waals surface area contributed by atoms with Gasteiger partial charge in [0.2, 0.25) is 0 Å². The fraction of sp³-hybridized carbons (Fsp3) is 0.467. The molecule has 1 unspecified atom stereocenters. The summed E-state index contributed by atoms with van der Waals surface area (Å²) in [6.07, 6.45) is 1.64. The predicted molar refractivity (Wildman–Crippen MR) is 75.3 cm³/mol. The Morgan fingerprint density at radius 2 is 2.17 bits per heavy atom. The molecule has 1 rings (SSSR count). The molecule has 1 aromatic rings. The van der Waals surface area contributed by atoms with E-state index in [4.69, 9.17) is 15.2 Å². The minimum atomic E-state index is 0.0978. The summed E-state index contributed by atoms with van der Waals surface area (Å²) < 4.78 is 11.0. The van der Waals surface area contributed by atoms with Crippen LogP contribution in [0.15, 0.2) is 30.4 Å². The van der Waals surface area contributed by atoms with Crippen molar-refractivity contribution in [2.24, 2.45) is 5.73 Å². The topological polar surface area (TPSA) is 44.5 Å². The Morgan fingerprint density at radius 1 is 1.44 bits per heavy atom. The van der Waals surface area contributed by atoms with Gasteiger partial charge in [-0.15, -0.1) is 6.58 Å². The SMILES string of the molecule is C=C(C)CCOc1ccc(OC)cc1CC(C)N. The first-order valence-corrected chi connectivity index (χ1v) is 6.22. The van der Waals surface area contributed by atoms with Crippen LogP contribution in [0.25, 0.3) is 0 Å². The smallest absolute Gasteiger partial charge is 0.122 e. The maximum Gasteiger partial charge on any atom is 0.122 e. The predicted octanol–water partition coefficient (Wildman–Crippen LogP) is 2.93. The number of hydrogen-bond acceptors (Lipinski definition) is 3. The molecule has 0 aliphatic rings. The van der Waals surface area contributed by atoms with Crippen LogP contribution < -0.4 is 15.2 Å². The molecule has 0 fully saturated rings. The second kappa shape index (κ2) is 7.07. The van der Waals surface area contributed by atoms with Gasteiger partial charge < -0.3 is 15.2 Å². The van der Waals surface area contributed by atoms with E-state index < -0.39 is 0 Å². The molecule has 3 nitrogen and oxygen atoms in total. The Kier molecular flexibility index (Phi) is 5.72. The molecule has 0 saturated carbocycles. The van der Waals surface area contributed by atoms with Crippen molar-refractivity contribution >= 4 is 0 Å². The van der Waals surface area contributed by atoms with Crippen molar-refractivity contribution in [1.29, 1.82) is 0 Å². The molecular weight excluding hydrogens is 226 g/mol. The second-order valence-electron chi connectivity index (χ2n) is 4.71. The number of methoxy groups -OCH3 is 1. The zero-order valence-corrected chi connectivity index (χ0v) is 11.5. The van der Waals surface area contributed by atoms with Gasteiger partial charge in [0.05, 0.1) is 13.7 Å². The molecule has 2 N–H and O–H groups in total. The van der Waals surface area contributed by atoms with Crippen molar-refractivity contribution in [3.05, 3.63) is 35.9 Å². The van der Waals surface area contributed by atoms with E-state index in [-0.39, 0.29) is 6.04 Å². The van der Waals surface area contributed by atoms with E-state index in [1.807, 2.05) is 32.0 Å². The van der Waals surface area contributed by atoms with Crippen molar-refractivity contribution in [3.8, 4) is 11.5 Å². The molecule has 0 aromatic heterocycles. The number of hydrogen-bond donors (Lipinski definition) is 1. The molecule has 18 heavy (non-hydrogen) atoms. The lowest BCUT2D eigenvalue weighted by molar-refractivity contribution is 0.316. The summed E-state index contributed by atoms with van der Waals surface area (Å²) in [5, 5.41) is 0. The zero-order valence-electron chi connectivity index (χ0n) is 11.5. The Bertz CT molecular complexity index is 399.